The number of hydrogen-bond acceptors (Lipinski definition) is 4. The molecule has 0 spiro atoms. The van der Waals surface area contributed by atoms with Crippen LogP contribution in [0.5, 0.6) is 17.2 Å². The van der Waals surface area contributed by atoms with Crippen molar-refractivity contribution in [3.05, 3.63) is 65.9 Å². The largest absolute Gasteiger partial charge is 0.493 e. The Morgan fingerprint density at radius 2 is 2.07 bits per heavy atom. The number of carbonyl (C=O) groups excluding carboxylic acids is 1. The number of carbonyl (C=O) groups is 1. The van der Waals surface area contributed by atoms with Gasteiger partial charge in [0.25, 0.3) is 5.91 Å². The second-order valence-corrected chi connectivity index (χ2v) is 6.70. The summed E-state index contributed by atoms with van der Waals surface area (Å²) < 4.78 is 18.5. The Labute approximate surface area is 169 Å². The van der Waals surface area contributed by atoms with E-state index in [1.807, 2.05) is 73.0 Å². The van der Waals surface area contributed by atoms with Crippen molar-refractivity contribution in [2.45, 2.75) is 26.9 Å². The van der Waals surface area contributed by atoms with E-state index < -0.39 is 0 Å². The summed E-state index contributed by atoms with van der Waals surface area (Å²) in [6.45, 7) is 5.75. The van der Waals surface area contributed by atoms with Crippen LogP contribution in [0.15, 0.2) is 54.6 Å². The first kappa shape index (κ1) is 18.9. The summed E-state index contributed by atoms with van der Waals surface area (Å²) in [5.74, 6) is 2.09. The number of aromatic nitrogens is 1. The summed E-state index contributed by atoms with van der Waals surface area (Å²) >= 11 is 0. The zero-order valence-electron chi connectivity index (χ0n) is 16.6. The zero-order chi connectivity index (χ0) is 20.2. The van der Waals surface area contributed by atoms with Crippen molar-refractivity contribution in [1.29, 1.82) is 0 Å². The van der Waals surface area contributed by atoms with Crippen LogP contribution in [0.2, 0.25) is 0 Å². The van der Waals surface area contributed by atoms with Gasteiger partial charge in [0.1, 0.15) is 11.4 Å². The summed E-state index contributed by atoms with van der Waals surface area (Å²) in [5, 5.41) is 3.95. The summed E-state index contributed by atoms with van der Waals surface area (Å²) in [6, 6.07) is 13.5. The standard InChI is InChI=1S/C23H24N2O4/c1-3-5-11-25-18-7-6-8-20(27-4-2)17(18)13-19(25)23(26)24-14-16-9-10-21-22(12-16)29-15-28-21/h3,5-10,12-13H,4,11,14-15H2,1-2H3,(H,24,26)/b5-3-. The van der Waals surface area contributed by atoms with Crippen LogP contribution in [0.1, 0.15) is 29.9 Å². The topological polar surface area (TPSA) is 61.7 Å². The van der Waals surface area contributed by atoms with Crippen LogP contribution < -0.4 is 19.5 Å². The fraction of sp³-hybridized carbons (Fsp3) is 0.261. The molecule has 150 valence electrons. The molecule has 0 saturated carbocycles. The highest BCUT2D eigenvalue weighted by Crippen LogP contribution is 2.32. The van der Waals surface area contributed by atoms with Gasteiger partial charge in [-0.2, -0.15) is 0 Å². The molecule has 1 aliphatic rings. The molecule has 6 nitrogen and oxygen atoms in total. The molecular weight excluding hydrogens is 368 g/mol. The van der Waals surface area contributed by atoms with E-state index in [2.05, 4.69) is 5.32 Å². The van der Waals surface area contributed by atoms with Gasteiger partial charge in [0.05, 0.1) is 12.1 Å². The Balaban J connectivity index is 1.61. The molecule has 2 aromatic carbocycles. The molecule has 1 aliphatic heterocycles. The molecule has 0 unspecified atom stereocenters. The maximum atomic E-state index is 13.0. The van der Waals surface area contributed by atoms with Gasteiger partial charge in [-0.1, -0.05) is 24.3 Å². The van der Waals surface area contributed by atoms with E-state index in [0.717, 1.165) is 28.0 Å². The van der Waals surface area contributed by atoms with Crippen molar-refractivity contribution >= 4 is 16.8 Å². The Morgan fingerprint density at radius 3 is 2.90 bits per heavy atom. The van der Waals surface area contributed by atoms with Crippen LogP contribution in [0.4, 0.5) is 0 Å². The minimum atomic E-state index is -0.134. The third-order valence-electron chi connectivity index (χ3n) is 4.85. The number of benzene rings is 2. The van der Waals surface area contributed by atoms with Crippen molar-refractivity contribution in [1.82, 2.24) is 9.88 Å². The van der Waals surface area contributed by atoms with Gasteiger partial charge in [-0.25, -0.2) is 0 Å². The molecular formula is C23H24N2O4. The monoisotopic (exact) mass is 392 g/mol. The predicted octanol–water partition coefficient (Wildman–Crippen LogP) is 4.27. The summed E-state index contributed by atoms with van der Waals surface area (Å²) in [7, 11) is 0. The van der Waals surface area contributed by atoms with Crippen molar-refractivity contribution in [2.24, 2.45) is 0 Å². The van der Waals surface area contributed by atoms with E-state index in [-0.39, 0.29) is 12.7 Å². The lowest BCUT2D eigenvalue weighted by Crippen LogP contribution is -2.25. The maximum Gasteiger partial charge on any atom is 0.268 e. The third kappa shape index (κ3) is 3.78. The molecule has 0 saturated heterocycles. The van der Waals surface area contributed by atoms with E-state index in [1.165, 1.54) is 0 Å². The molecule has 4 rings (SSSR count). The smallest absolute Gasteiger partial charge is 0.268 e. The minimum Gasteiger partial charge on any atom is -0.493 e. The van der Waals surface area contributed by atoms with E-state index >= 15 is 0 Å². The molecule has 1 aromatic heterocycles. The maximum absolute atomic E-state index is 13.0. The fourth-order valence-electron chi connectivity index (χ4n) is 3.46. The number of ether oxygens (including phenoxy) is 3. The van der Waals surface area contributed by atoms with Crippen molar-refractivity contribution < 1.29 is 19.0 Å². The SMILES string of the molecule is C/C=C\Cn1c(C(=O)NCc2ccc3c(c2)OCO3)cc2c(OCC)cccc21. The highest BCUT2D eigenvalue weighted by molar-refractivity contribution is 6.00. The van der Waals surface area contributed by atoms with Crippen LogP contribution in [-0.2, 0) is 13.1 Å². The third-order valence-corrected chi connectivity index (χ3v) is 4.85. The number of fused-ring (bicyclic) bond motifs is 2. The number of rotatable bonds is 7. The number of allylic oxidation sites excluding steroid dienone is 2. The normalized spacial score (nSPS) is 12.6. The van der Waals surface area contributed by atoms with E-state index in [1.54, 1.807) is 0 Å². The van der Waals surface area contributed by atoms with Gasteiger partial charge >= 0.3 is 0 Å². The Bertz CT molecular complexity index is 1070. The Hall–Kier alpha value is -3.41. The predicted molar refractivity (Wildman–Crippen MR) is 112 cm³/mol. The zero-order valence-corrected chi connectivity index (χ0v) is 16.6. The first-order valence-corrected chi connectivity index (χ1v) is 9.74. The van der Waals surface area contributed by atoms with Gasteiger partial charge in [0.2, 0.25) is 6.79 Å². The average molecular weight is 392 g/mol. The van der Waals surface area contributed by atoms with Crippen LogP contribution in [-0.4, -0.2) is 23.9 Å². The number of amides is 1. The molecule has 1 N–H and O–H groups in total. The van der Waals surface area contributed by atoms with Gasteiger partial charge in [0, 0.05) is 18.5 Å². The van der Waals surface area contributed by atoms with Gasteiger partial charge in [0.15, 0.2) is 11.5 Å². The molecule has 29 heavy (non-hydrogen) atoms. The molecule has 0 radical (unpaired) electrons. The second-order valence-electron chi connectivity index (χ2n) is 6.70. The van der Waals surface area contributed by atoms with Crippen LogP contribution >= 0.6 is 0 Å². The van der Waals surface area contributed by atoms with Crippen LogP contribution in [0.25, 0.3) is 10.9 Å². The summed E-state index contributed by atoms with van der Waals surface area (Å²) in [5.41, 5.74) is 2.53. The lowest BCUT2D eigenvalue weighted by molar-refractivity contribution is 0.0942. The van der Waals surface area contributed by atoms with Crippen molar-refractivity contribution in [2.75, 3.05) is 13.4 Å². The lowest BCUT2D eigenvalue weighted by atomic mass is 10.2. The number of nitrogens with one attached hydrogen (secondary N) is 1. The molecule has 6 heteroatoms. The van der Waals surface area contributed by atoms with Gasteiger partial charge < -0.3 is 24.1 Å². The second kappa shape index (κ2) is 8.31. The summed E-state index contributed by atoms with van der Waals surface area (Å²) in [6.07, 6.45) is 4.01. The van der Waals surface area contributed by atoms with E-state index in [4.69, 9.17) is 14.2 Å². The van der Waals surface area contributed by atoms with Crippen LogP contribution in [0.3, 0.4) is 0 Å². The molecule has 1 amide bonds. The molecule has 0 fully saturated rings. The molecule has 3 aromatic rings. The first-order chi connectivity index (χ1) is 14.2. The minimum absolute atomic E-state index is 0.134. The average Bonchev–Trinajstić information content (AvgIpc) is 3.35. The molecule has 0 aliphatic carbocycles. The van der Waals surface area contributed by atoms with Gasteiger partial charge in [-0.15, -0.1) is 0 Å². The Morgan fingerprint density at radius 1 is 1.21 bits per heavy atom. The van der Waals surface area contributed by atoms with Gasteiger partial charge in [-0.05, 0) is 49.7 Å². The molecule has 0 bridgehead atoms. The van der Waals surface area contributed by atoms with Crippen molar-refractivity contribution in [3.63, 3.8) is 0 Å². The van der Waals surface area contributed by atoms with E-state index in [9.17, 15) is 4.79 Å². The Kier molecular flexibility index (Phi) is 5.42. The van der Waals surface area contributed by atoms with Gasteiger partial charge in [-0.3, -0.25) is 4.79 Å². The van der Waals surface area contributed by atoms with E-state index in [0.29, 0.717) is 31.1 Å². The summed E-state index contributed by atoms with van der Waals surface area (Å²) in [4.78, 5) is 13.0. The fourth-order valence-corrected chi connectivity index (χ4v) is 3.46. The van der Waals surface area contributed by atoms with Crippen LogP contribution in [0, 0.1) is 0 Å². The molecule has 2 heterocycles. The lowest BCUT2D eigenvalue weighted by Gasteiger charge is -2.10. The van der Waals surface area contributed by atoms with Crippen molar-refractivity contribution in [3.8, 4) is 17.2 Å². The highest BCUT2D eigenvalue weighted by atomic mass is 16.7. The highest BCUT2D eigenvalue weighted by Gasteiger charge is 2.18. The quantitative estimate of drug-likeness (QED) is 0.610. The molecule has 0 atom stereocenters. The first-order valence-electron chi connectivity index (χ1n) is 9.74. The number of hydrogen-bond donors (Lipinski definition) is 1. The number of nitrogens with zero attached hydrogens (tertiary/aromatic N) is 1.